The molecule has 2 aromatic carbocycles. The van der Waals surface area contributed by atoms with E-state index in [1.807, 2.05) is 11.8 Å². The van der Waals surface area contributed by atoms with Gasteiger partial charge in [0.25, 0.3) is 0 Å². The second-order valence-corrected chi connectivity index (χ2v) is 9.64. The van der Waals surface area contributed by atoms with Gasteiger partial charge in [0.1, 0.15) is 0 Å². The molecular weight excluding hydrogens is 402 g/mol. The van der Waals surface area contributed by atoms with Crippen LogP contribution in [0.1, 0.15) is 47.5 Å². The summed E-state index contributed by atoms with van der Waals surface area (Å²) in [4.78, 5) is 18.9. The van der Waals surface area contributed by atoms with E-state index in [1.165, 1.54) is 34.4 Å². The van der Waals surface area contributed by atoms with Gasteiger partial charge in [-0.1, -0.05) is 12.1 Å². The number of nitrogens with zero attached hydrogens (tertiary/aromatic N) is 2. The van der Waals surface area contributed by atoms with E-state index >= 15 is 0 Å². The van der Waals surface area contributed by atoms with E-state index in [-0.39, 0.29) is 11.3 Å². The average Bonchev–Trinajstić information content (AvgIpc) is 2.91. The highest BCUT2D eigenvalue weighted by molar-refractivity contribution is 7.99. The number of benzene rings is 2. The highest BCUT2D eigenvalue weighted by atomic mass is 32.2. The van der Waals surface area contributed by atoms with Crippen molar-refractivity contribution in [2.75, 3.05) is 36.8 Å². The van der Waals surface area contributed by atoms with Gasteiger partial charge in [-0.05, 0) is 61.4 Å². The van der Waals surface area contributed by atoms with Crippen molar-refractivity contribution in [3.8, 4) is 0 Å². The predicted octanol–water partition coefficient (Wildman–Crippen LogP) is 5.10. The van der Waals surface area contributed by atoms with Crippen LogP contribution in [0.15, 0.2) is 41.3 Å². The van der Waals surface area contributed by atoms with Gasteiger partial charge in [0.2, 0.25) is 0 Å². The van der Waals surface area contributed by atoms with Crippen molar-refractivity contribution in [1.82, 2.24) is 4.90 Å². The maximum Gasteiger partial charge on any atom is 0.163 e. The van der Waals surface area contributed by atoms with Gasteiger partial charge < -0.3 is 9.80 Å². The number of anilines is 1. The number of para-hydroxylation sites is 1. The maximum atomic E-state index is 13.4. The molecule has 3 heterocycles. The minimum Gasteiger partial charge on any atom is -0.367 e. The molecule has 0 saturated carbocycles. The van der Waals surface area contributed by atoms with Gasteiger partial charge in [-0.25, -0.2) is 8.78 Å². The molecule has 2 atom stereocenters. The van der Waals surface area contributed by atoms with Crippen molar-refractivity contribution in [2.45, 2.75) is 42.5 Å². The number of Topliss-reactive ketones (excluding diaryl/α,β-unsaturated/α-hetero) is 1. The first-order valence-corrected chi connectivity index (χ1v) is 11.8. The van der Waals surface area contributed by atoms with Crippen LogP contribution in [0.4, 0.5) is 14.5 Å². The average molecular weight is 429 g/mol. The van der Waals surface area contributed by atoms with E-state index in [9.17, 15) is 13.6 Å². The summed E-state index contributed by atoms with van der Waals surface area (Å²) in [5.41, 5.74) is 3.23. The summed E-state index contributed by atoms with van der Waals surface area (Å²) in [6.45, 7) is 4.10. The summed E-state index contributed by atoms with van der Waals surface area (Å²) in [5, 5.41) is 0. The molecule has 0 aliphatic carbocycles. The summed E-state index contributed by atoms with van der Waals surface area (Å²) in [5.74, 6) is -0.263. The zero-order valence-electron chi connectivity index (χ0n) is 16.9. The van der Waals surface area contributed by atoms with E-state index < -0.39 is 11.6 Å². The van der Waals surface area contributed by atoms with Crippen LogP contribution in [0.3, 0.4) is 0 Å². The van der Waals surface area contributed by atoms with Crippen LogP contribution < -0.4 is 4.90 Å². The number of likely N-dealkylation sites (tertiary alicyclic amines) is 1. The highest BCUT2D eigenvalue weighted by Crippen LogP contribution is 2.50. The van der Waals surface area contributed by atoms with Crippen LogP contribution >= 0.6 is 11.8 Å². The van der Waals surface area contributed by atoms with E-state index in [4.69, 9.17) is 0 Å². The summed E-state index contributed by atoms with van der Waals surface area (Å²) in [7, 11) is 0. The van der Waals surface area contributed by atoms with Gasteiger partial charge in [-0.15, -0.1) is 11.8 Å². The number of carbonyl (C=O) groups excluding carboxylic acids is 1. The number of hydrogen-bond donors (Lipinski definition) is 0. The number of fused-ring (bicyclic) bond motifs is 3. The summed E-state index contributed by atoms with van der Waals surface area (Å²) in [6.07, 6.45) is 3.49. The van der Waals surface area contributed by atoms with Gasteiger partial charge in [-0.3, -0.25) is 4.79 Å². The maximum absolute atomic E-state index is 13.4. The Morgan fingerprint density at radius 3 is 2.90 bits per heavy atom. The minimum absolute atomic E-state index is 0.120. The van der Waals surface area contributed by atoms with Crippen molar-refractivity contribution < 1.29 is 13.6 Å². The summed E-state index contributed by atoms with van der Waals surface area (Å²) < 4.78 is 26.5. The number of ketones is 1. The molecule has 0 aromatic heterocycles. The fraction of sp³-hybridized carbons (Fsp3) is 0.458. The second kappa shape index (κ2) is 8.31. The molecule has 0 amide bonds. The number of piperidine rings is 1. The van der Waals surface area contributed by atoms with Gasteiger partial charge in [0.05, 0.1) is 5.69 Å². The number of rotatable bonds is 5. The molecule has 158 valence electrons. The molecule has 5 rings (SSSR count). The zero-order valence-corrected chi connectivity index (χ0v) is 17.8. The molecule has 2 aromatic rings. The molecule has 3 nitrogen and oxygen atoms in total. The fourth-order valence-corrected chi connectivity index (χ4v) is 6.33. The third kappa shape index (κ3) is 3.65. The van der Waals surface area contributed by atoms with Crippen LogP contribution in [0, 0.1) is 11.6 Å². The number of carbonyl (C=O) groups is 1. The van der Waals surface area contributed by atoms with Gasteiger partial charge in [0, 0.05) is 48.5 Å². The lowest BCUT2D eigenvalue weighted by Crippen LogP contribution is -2.46. The van der Waals surface area contributed by atoms with E-state index in [2.05, 4.69) is 28.0 Å². The Hall–Kier alpha value is -1.92. The standard InChI is InChI=1S/C24H26F2N2OS/c25-19-8-7-16(14-20(19)26)22(29)5-2-10-27-12-9-21-18(15-27)17-4-1-6-23-24(17)28(21)11-3-13-30-23/h1,4,6-8,14,18,21H,2-3,5,9-13,15H2/t18-,21-/m0/s1. The molecule has 1 fully saturated rings. The third-order valence-corrected chi connectivity index (χ3v) is 7.83. The first-order chi connectivity index (χ1) is 14.6. The number of hydrogen-bond acceptors (Lipinski definition) is 4. The molecule has 3 aliphatic heterocycles. The molecule has 0 spiro atoms. The van der Waals surface area contributed by atoms with Crippen LogP contribution in [0.5, 0.6) is 0 Å². The summed E-state index contributed by atoms with van der Waals surface area (Å²) in [6, 6.07) is 10.8. The molecule has 3 aliphatic rings. The van der Waals surface area contributed by atoms with Crippen LogP contribution in [-0.2, 0) is 0 Å². The monoisotopic (exact) mass is 428 g/mol. The van der Waals surface area contributed by atoms with E-state index in [0.717, 1.165) is 51.2 Å². The molecule has 0 bridgehead atoms. The smallest absolute Gasteiger partial charge is 0.163 e. The number of halogens is 2. The van der Waals surface area contributed by atoms with E-state index in [1.54, 1.807) is 0 Å². The lowest BCUT2D eigenvalue weighted by atomic mass is 9.89. The molecule has 30 heavy (non-hydrogen) atoms. The van der Waals surface area contributed by atoms with Crippen molar-refractivity contribution in [3.05, 3.63) is 59.2 Å². The first kappa shape index (κ1) is 20.0. The van der Waals surface area contributed by atoms with E-state index in [0.29, 0.717) is 18.4 Å². The zero-order chi connectivity index (χ0) is 20.7. The Morgan fingerprint density at radius 1 is 1.13 bits per heavy atom. The third-order valence-electron chi connectivity index (χ3n) is 6.70. The first-order valence-electron chi connectivity index (χ1n) is 10.8. The Bertz CT molecular complexity index is 966. The lowest BCUT2D eigenvalue weighted by molar-refractivity contribution is 0.0970. The molecule has 6 heteroatoms. The molecule has 1 saturated heterocycles. The van der Waals surface area contributed by atoms with Crippen molar-refractivity contribution in [3.63, 3.8) is 0 Å². The predicted molar refractivity (Wildman–Crippen MR) is 117 cm³/mol. The van der Waals surface area contributed by atoms with Gasteiger partial charge in [0.15, 0.2) is 17.4 Å². The van der Waals surface area contributed by atoms with Crippen LogP contribution in [-0.4, -0.2) is 48.7 Å². The van der Waals surface area contributed by atoms with Crippen molar-refractivity contribution in [2.24, 2.45) is 0 Å². The highest BCUT2D eigenvalue weighted by Gasteiger charge is 2.43. The Labute approximate surface area is 180 Å². The van der Waals surface area contributed by atoms with Crippen LogP contribution in [0.25, 0.3) is 0 Å². The normalized spacial score (nSPS) is 23.1. The largest absolute Gasteiger partial charge is 0.367 e. The van der Waals surface area contributed by atoms with Gasteiger partial charge >= 0.3 is 0 Å². The van der Waals surface area contributed by atoms with Crippen molar-refractivity contribution in [1.29, 1.82) is 0 Å². The molecule has 0 unspecified atom stereocenters. The van der Waals surface area contributed by atoms with Crippen molar-refractivity contribution >= 4 is 23.2 Å². The Kier molecular flexibility index (Phi) is 5.54. The second-order valence-electron chi connectivity index (χ2n) is 8.51. The molecular formula is C24H26F2N2OS. The fourth-order valence-electron chi connectivity index (χ4n) is 5.29. The molecule has 0 radical (unpaired) electrons. The SMILES string of the molecule is O=C(CCCN1CC[C@H]2[C@@H](C1)c1cccc3c1N2CCCS3)c1ccc(F)c(F)c1. The van der Waals surface area contributed by atoms with Gasteiger partial charge in [-0.2, -0.15) is 0 Å². The number of thioether (sulfide) groups is 1. The lowest BCUT2D eigenvalue weighted by Gasteiger charge is -2.39. The topological polar surface area (TPSA) is 23.6 Å². The summed E-state index contributed by atoms with van der Waals surface area (Å²) >= 11 is 1.99. The Morgan fingerprint density at radius 2 is 2.03 bits per heavy atom. The Balaban J connectivity index is 1.21. The van der Waals surface area contributed by atoms with Crippen LogP contribution in [0.2, 0.25) is 0 Å². The quantitative estimate of drug-likeness (QED) is 0.618. The molecule has 0 N–H and O–H groups in total. The minimum atomic E-state index is -0.960.